The summed E-state index contributed by atoms with van der Waals surface area (Å²) in [7, 11) is 0. The van der Waals surface area contributed by atoms with Crippen LogP contribution in [0.2, 0.25) is 0 Å². The third kappa shape index (κ3) is 7.03. The first-order chi connectivity index (χ1) is 28.8. The molecule has 16 heteroatoms. The van der Waals surface area contributed by atoms with E-state index in [1.54, 1.807) is 42.0 Å². The van der Waals surface area contributed by atoms with Crippen molar-refractivity contribution < 1.29 is 9.90 Å². The molecule has 0 unspecified atom stereocenters. The summed E-state index contributed by atoms with van der Waals surface area (Å²) in [5.74, 6) is 2.99. The molecule has 0 aromatic carbocycles. The Morgan fingerprint density at radius 1 is 0.847 bits per heavy atom. The van der Waals surface area contributed by atoms with Gasteiger partial charge in [0.25, 0.3) is 0 Å². The molecule has 0 atom stereocenters. The van der Waals surface area contributed by atoms with E-state index in [4.69, 9.17) is 30.9 Å². The van der Waals surface area contributed by atoms with Gasteiger partial charge in [0.05, 0.1) is 36.9 Å². The van der Waals surface area contributed by atoms with E-state index in [0.717, 1.165) is 86.6 Å². The van der Waals surface area contributed by atoms with Gasteiger partial charge in [0.15, 0.2) is 11.6 Å². The van der Waals surface area contributed by atoms with Gasteiger partial charge in [-0.2, -0.15) is 15.0 Å². The molecular formula is C43H40N14O2. The van der Waals surface area contributed by atoms with Crippen LogP contribution in [-0.2, 0) is 11.3 Å². The first-order valence-electron chi connectivity index (χ1n) is 19.6. The molecule has 6 N–H and O–H groups in total. The van der Waals surface area contributed by atoms with E-state index in [1.807, 2.05) is 67.3 Å². The summed E-state index contributed by atoms with van der Waals surface area (Å²) in [5, 5.41) is 28.5. The van der Waals surface area contributed by atoms with E-state index in [2.05, 4.69) is 31.0 Å². The van der Waals surface area contributed by atoms with Crippen molar-refractivity contribution >= 4 is 56.5 Å². The molecule has 8 aromatic heterocycles. The number of pyridine rings is 6. The lowest BCUT2D eigenvalue weighted by molar-refractivity contribution is -0.117. The predicted molar refractivity (Wildman–Crippen MR) is 226 cm³/mol. The molecule has 2 fully saturated rings. The van der Waals surface area contributed by atoms with Crippen LogP contribution in [0.15, 0.2) is 86.0 Å². The zero-order valence-electron chi connectivity index (χ0n) is 32.4. The number of carbonyl (C=O) groups is 1. The van der Waals surface area contributed by atoms with Crippen molar-refractivity contribution in [3.05, 3.63) is 103 Å². The molecular weight excluding hydrogens is 745 g/mol. The summed E-state index contributed by atoms with van der Waals surface area (Å²) < 4.78 is 1.88. The third-order valence-electron chi connectivity index (χ3n) is 10.9. The van der Waals surface area contributed by atoms with Gasteiger partial charge >= 0.3 is 0 Å². The molecule has 10 rings (SSSR count). The quantitative estimate of drug-likeness (QED) is 0.0864. The number of fused-ring (bicyclic) bond motifs is 2. The number of aromatic nitrogens is 10. The zero-order valence-corrected chi connectivity index (χ0v) is 32.4. The average Bonchev–Trinajstić information content (AvgIpc) is 4.17. The Balaban J connectivity index is 1.06. The van der Waals surface area contributed by atoms with Crippen molar-refractivity contribution in [2.45, 2.75) is 52.0 Å². The van der Waals surface area contributed by atoms with E-state index >= 15 is 0 Å². The van der Waals surface area contributed by atoms with E-state index in [9.17, 15) is 9.90 Å². The second-order valence-electron chi connectivity index (χ2n) is 15.2. The summed E-state index contributed by atoms with van der Waals surface area (Å²) in [6.07, 6.45) is 18.1. The number of aliphatic hydroxyl groups excluding tert-OH is 1. The smallest absolute Gasteiger partial charge is 0.228 e. The molecule has 8 heterocycles. The molecule has 0 radical (unpaired) electrons. The van der Waals surface area contributed by atoms with Gasteiger partial charge in [0, 0.05) is 99.2 Å². The molecule has 0 aliphatic heterocycles. The summed E-state index contributed by atoms with van der Waals surface area (Å²) in [6.45, 7) is 4.48. The van der Waals surface area contributed by atoms with Crippen LogP contribution < -0.4 is 21.8 Å². The SMILES string of the molecule is Cc1ccncc1-c1cc2cc(Nc3cc(C4CC4)n(CCO)n3)ncc2c(Nn2cc(-c3c(-c4cnccc4C)nc(N)c4cnc(NC(=O)C5CC5)cc34)cn2)n1. The van der Waals surface area contributed by atoms with Gasteiger partial charge in [0.1, 0.15) is 17.5 Å². The highest BCUT2D eigenvalue weighted by atomic mass is 16.3. The number of rotatable bonds is 12. The van der Waals surface area contributed by atoms with E-state index < -0.39 is 0 Å². The molecule has 2 saturated carbocycles. The lowest BCUT2D eigenvalue weighted by Crippen LogP contribution is -2.14. The van der Waals surface area contributed by atoms with Gasteiger partial charge in [-0.15, -0.1) is 0 Å². The van der Waals surface area contributed by atoms with Crippen molar-refractivity contribution in [2.75, 3.05) is 28.4 Å². The maximum absolute atomic E-state index is 12.8. The molecule has 0 spiro atoms. The van der Waals surface area contributed by atoms with Crippen LogP contribution in [0.4, 0.5) is 29.1 Å². The summed E-state index contributed by atoms with van der Waals surface area (Å²) in [4.78, 5) is 42.5. The monoisotopic (exact) mass is 784 g/mol. The van der Waals surface area contributed by atoms with Gasteiger partial charge in [-0.05, 0) is 86.4 Å². The number of nitrogens with one attached hydrogen (secondary N) is 3. The number of aryl methyl sites for hydroxylation is 2. The number of carbonyl (C=O) groups excluding carboxylic acids is 1. The van der Waals surface area contributed by atoms with Crippen molar-refractivity contribution in [3.8, 4) is 33.6 Å². The number of anilines is 5. The lowest BCUT2D eigenvalue weighted by Gasteiger charge is -2.16. The van der Waals surface area contributed by atoms with Crippen LogP contribution in [0.5, 0.6) is 0 Å². The van der Waals surface area contributed by atoms with Crippen LogP contribution in [0.3, 0.4) is 0 Å². The van der Waals surface area contributed by atoms with Crippen LogP contribution >= 0.6 is 0 Å². The van der Waals surface area contributed by atoms with Crippen LogP contribution in [0.1, 0.15) is 48.4 Å². The second-order valence-corrected chi connectivity index (χ2v) is 15.2. The molecule has 294 valence electrons. The zero-order chi connectivity index (χ0) is 40.2. The van der Waals surface area contributed by atoms with Crippen molar-refractivity contribution in [3.63, 3.8) is 0 Å². The van der Waals surface area contributed by atoms with E-state index in [1.165, 1.54) is 0 Å². The predicted octanol–water partition coefficient (Wildman–Crippen LogP) is 6.79. The normalized spacial score (nSPS) is 13.9. The third-order valence-corrected chi connectivity index (χ3v) is 10.9. The second kappa shape index (κ2) is 14.6. The number of nitrogens with zero attached hydrogens (tertiary/aromatic N) is 10. The Bertz CT molecular complexity index is 2930. The first-order valence-corrected chi connectivity index (χ1v) is 19.6. The fourth-order valence-electron chi connectivity index (χ4n) is 7.47. The molecule has 0 saturated heterocycles. The molecule has 0 bridgehead atoms. The number of nitrogens with two attached hydrogens (primary N) is 1. The Hall–Kier alpha value is -7.33. The van der Waals surface area contributed by atoms with Gasteiger partial charge in [-0.3, -0.25) is 24.9 Å². The average molecular weight is 785 g/mol. The molecule has 2 aliphatic carbocycles. The Labute approximate surface area is 338 Å². The Kier molecular flexibility index (Phi) is 8.89. The molecule has 59 heavy (non-hydrogen) atoms. The van der Waals surface area contributed by atoms with Crippen LogP contribution in [-0.4, -0.2) is 67.2 Å². The number of amides is 1. The highest BCUT2D eigenvalue weighted by Gasteiger charge is 2.30. The Morgan fingerprint density at radius 3 is 2.36 bits per heavy atom. The van der Waals surface area contributed by atoms with Crippen LogP contribution in [0.25, 0.3) is 55.2 Å². The maximum atomic E-state index is 12.8. The highest BCUT2D eigenvalue weighted by molar-refractivity contribution is 6.08. The summed E-state index contributed by atoms with van der Waals surface area (Å²) in [5.41, 5.74) is 17.6. The van der Waals surface area contributed by atoms with Crippen molar-refractivity contribution in [1.29, 1.82) is 0 Å². The molecule has 1 amide bonds. The van der Waals surface area contributed by atoms with E-state index in [0.29, 0.717) is 52.6 Å². The minimum Gasteiger partial charge on any atom is -0.394 e. The summed E-state index contributed by atoms with van der Waals surface area (Å²) in [6, 6.07) is 11.8. The van der Waals surface area contributed by atoms with Gasteiger partial charge in [-0.25, -0.2) is 19.9 Å². The minimum atomic E-state index is -0.0434. The number of hydrogen-bond acceptors (Lipinski definition) is 13. The maximum Gasteiger partial charge on any atom is 0.228 e. The fourth-order valence-corrected chi connectivity index (χ4v) is 7.47. The van der Waals surface area contributed by atoms with Crippen molar-refractivity contribution in [1.82, 2.24) is 49.6 Å². The Morgan fingerprint density at radius 2 is 1.61 bits per heavy atom. The van der Waals surface area contributed by atoms with Gasteiger partial charge < -0.3 is 21.5 Å². The van der Waals surface area contributed by atoms with E-state index in [-0.39, 0.29) is 18.4 Å². The number of nitrogen functional groups attached to an aromatic ring is 1. The molecule has 8 aromatic rings. The topological polar surface area (TPSA) is 212 Å². The number of hydrogen-bond donors (Lipinski definition) is 5. The minimum absolute atomic E-state index is 0.0121. The largest absolute Gasteiger partial charge is 0.394 e. The lowest BCUT2D eigenvalue weighted by atomic mass is 9.95. The molecule has 16 nitrogen and oxygen atoms in total. The summed E-state index contributed by atoms with van der Waals surface area (Å²) >= 11 is 0. The molecule has 2 aliphatic rings. The standard InChI is InChI=1S/C43H40N14O2/c1-23-7-9-45-18-30(23)34-13-27-14-36(51-38-16-35(25-3-4-25)56(54-38)11-12-58)47-20-32(27)42(50-34)55-57-22-28(17-49-57)39-29-15-37(52-43(59)26-5-6-26)48-21-33(29)41(44)53-40(39)31-19-46-10-8-24(31)2/h7-10,13-22,25-26,58H,3-6,11-12H2,1-2H3,(H2,44,53)(H,50,55)(H,47,51,54)(H,48,52,59). The van der Waals surface area contributed by atoms with Gasteiger partial charge in [-0.1, -0.05) is 0 Å². The van der Waals surface area contributed by atoms with Gasteiger partial charge in [0.2, 0.25) is 5.91 Å². The highest BCUT2D eigenvalue weighted by Crippen LogP contribution is 2.42. The fraction of sp³-hybridized carbons (Fsp3) is 0.233. The first kappa shape index (κ1) is 36.0. The van der Waals surface area contributed by atoms with Crippen LogP contribution in [0, 0.1) is 19.8 Å². The van der Waals surface area contributed by atoms with Crippen molar-refractivity contribution in [2.24, 2.45) is 5.92 Å². The number of aliphatic hydroxyl groups is 1.